The maximum absolute atomic E-state index is 11.9. The first-order valence-electron chi connectivity index (χ1n) is 5.70. The minimum absolute atomic E-state index is 0.000939. The van der Waals surface area contributed by atoms with Crippen LogP contribution in [0.25, 0.3) is 0 Å². The predicted octanol–water partition coefficient (Wildman–Crippen LogP) is 1.56. The molecule has 21 heavy (non-hydrogen) atoms. The van der Waals surface area contributed by atoms with Gasteiger partial charge in [-0.2, -0.15) is 0 Å². The van der Waals surface area contributed by atoms with E-state index in [9.17, 15) is 23.3 Å². The molecule has 2 rings (SSSR count). The molecule has 1 aliphatic rings. The standard InChI is InChI=1S/C10H9Cl2N3O5S/c11-8-2-7(15(17)18)3-13-10(8)14-4-6(1-9(14)16)5-21(12,19)20/h2-3,6H,1,4-5H2. The summed E-state index contributed by atoms with van der Waals surface area (Å²) in [5.41, 5.74) is -0.296. The molecule has 8 nitrogen and oxygen atoms in total. The van der Waals surface area contributed by atoms with Crippen molar-refractivity contribution < 1.29 is 18.1 Å². The summed E-state index contributed by atoms with van der Waals surface area (Å²) >= 11 is 5.89. The number of hydrogen-bond donors (Lipinski definition) is 0. The lowest BCUT2D eigenvalue weighted by Gasteiger charge is -2.16. The Bertz CT molecular complexity index is 709. The van der Waals surface area contributed by atoms with Crippen LogP contribution in [0.3, 0.4) is 0 Å². The van der Waals surface area contributed by atoms with Crippen LogP contribution in [0.5, 0.6) is 0 Å². The fraction of sp³-hybridized carbons (Fsp3) is 0.400. The highest BCUT2D eigenvalue weighted by molar-refractivity contribution is 8.13. The van der Waals surface area contributed by atoms with Gasteiger partial charge in [-0.1, -0.05) is 11.6 Å². The Morgan fingerprint density at radius 1 is 1.52 bits per heavy atom. The maximum atomic E-state index is 11.9. The Morgan fingerprint density at radius 2 is 2.19 bits per heavy atom. The third kappa shape index (κ3) is 3.80. The Morgan fingerprint density at radius 3 is 2.71 bits per heavy atom. The first kappa shape index (κ1) is 15.9. The summed E-state index contributed by atoms with van der Waals surface area (Å²) in [6, 6.07) is 1.09. The van der Waals surface area contributed by atoms with Crippen molar-refractivity contribution in [3.05, 3.63) is 27.4 Å². The van der Waals surface area contributed by atoms with Gasteiger partial charge < -0.3 is 0 Å². The summed E-state index contributed by atoms with van der Waals surface area (Å²) < 4.78 is 22.1. The van der Waals surface area contributed by atoms with E-state index in [2.05, 4.69) is 4.98 Å². The van der Waals surface area contributed by atoms with E-state index in [4.69, 9.17) is 22.3 Å². The average molecular weight is 354 g/mol. The monoisotopic (exact) mass is 353 g/mol. The fourth-order valence-electron chi connectivity index (χ4n) is 2.10. The highest BCUT2D eigenvalue weighted by atomic mass is 35.7. The highest BCUT2D eigenvalue weighted by Gasteiger charge is 2.35. The Balaban J connectivity index is 2.23. The first-order chi connectivity index (χ1) is 9.67. The molecule has 1 fully saturated rings. The third-order valence-corrected chi connectivity index (χ3v) is 4.44. The molecule has 0 N–H and O–H groups in total. The van der Waals surface area contributed by atoms with E-state index in [-0.39, 0.29) is 41.2 Å². The fourth-order valence-corrected chi connectivity index (χ4v) is 3.68. The van der Waals surface area contributed by atoms with Crippen LogP contribution in [0.2, 0.25) is 5.02 Å². The Labute approximate surface area is 129 Å². The van der Waals surface area contributed by atoms with Gasteiger partial charge in [0.2, 0.25) is 15.0 Å². The molecule has 1 saturated heterocycles. The normalized spacial score (nSPS) is 19.0. The van der Waals surface area contributed by atoms with Crippen molar-refractivity contribution in [1.29, 1.82) is 0 Å². The summed E-state index contributed by atoms with van der Waals surface area (Å²) in [7, 11) is 1.45. The van der Waals surface area contributed by atoms with E-state index in [0.29, 0.717) is 0 Å². The second-order valence-electron chi connectivity index (χ2n) is 4.54. The number of hydrogen-bond acceptors (Lipinski definition) is 6. The summed E-state index contributed by atoms with van der Waals surface area (Å²) in [6.07, 6.45) is 0.987. The highest BCUT2D eigenvalue weighted by Crippen LogP contribution is 2.32. The van der Waals surface area contributed by atoms with Crippen LogP contribution < -0.4 is 4.90 Å². The zero-order valence-corrected chi connectivity index (χ0v) is 12.7. The van der Waals surface area contributed by atoms with E-state index >= 15 is 0 Å². The number of rotatable bonds is 4. The molecule has 0 aliphatic carbocycles. The van der Waals surface area contributed by atoms with Crippen LogP contribution >= 0.6 is 22.3 Å². The SMILES string of the molecule is O=C1CC(CS(=O)(=O)Cl)CN1c1ncc([N+](=O)[O-])cc1Cl. The van der Waals surface area contributed by atoms with Crippen molar-refractivity contribution in [2.45, 2.75) is 6.42 Å². The third-order valence-electron chi connectivity index (χ3n) is 2.91. The maximum Gasteiger partial charge on any atom is 0.289 e. The van der Waals surface area contributed by atoms with E-state index in [1.165, 1.54) is 4.90 Å². The van der Waals surface area contributed by atoms with Gasteiger partial charge in [0, 0.05) is 35.6 Å². The molecule has 114 valence electrons. The van der Waals surface area contributed by atoms with Crippen molar-refractivity contribution in [3.63, 3.8) is 0 Å². The van der Waals surface area contributed by atoms with Crippen molar-refractivity contribution >= 4 is 48.7 Å². The van der Waals surface area contributed by atoms with Gasteiger partial charge >= 0.3 is 0 Å². The predicted molar refractivity (Wildman–Crippen MR) is 76.0 cm³/mol. The Kier molecular flexibility index (Phi) is 4.35. The molecule has 1 aromatic rings. The molecule has 0 saturated carbocycles. The summed E-state index contributed by atoms with van der Waals surface area (Å²) in [5.74, 6) is -1.08. The van der Waals surface area contributed by atoms with Gasteiger partial charge in [0.1, 0.15) is 6.20 Å². The van der Waals surface area contributed by atoms with Gasteiger partial charge in [-0.15, -0.1) is 0 Å². The quantitative estimate of drug-likeness (QED) is 0.461. The number of nitrogens with zero attached hydrogens (tertiary/aromatic N) is 3. The lowest BCUT2D eigenvalue weighted by atomic mass is 10.1. The van der Waals surface area contributed by atoms with Crippen LogP contribution in [0.1, 0.15) is 6.42 Å². The average Bonchev–Trinajstić information content (AvgIpc) is 2.67. The zero-order chi connectivity index (χ0) is 15.8. The lowest BCUT2D eigenvalue weighted by Crippen LogP contribution is -2.26. The molecular formula is C10H9Cl2N3O5S. The number of aromatic nitrogens is 1. The molecular weight excluding hydrogens is 345 g/mol. The minimum atomic E-state index is -3.71. The van der Waals surface area contributed by atoms with Gasteiger partial charge in [-0.25, -0.2) is 13.4 Å². The number of anilines is 1. The smallest absolute Gasteiger partial charge is 0.289 e. The van der Waals surface area contributed by atoms with Gasteiger partial charge in [0.15, 0.2) is 5.82 Å². The zero-order valence-electron chi connectivity index (χ0n) is 10.4. The van der Waals surface area contributed by atoms with Crippen LogP contribution in [-0.2, 0) is 13.8 Å². The number of halogens is 2. The summed E-state index contributed by atoms with van der Waals surface area (Å²) in [4.78, 5) is 26.9. The van der Waals surface area contributed by atoms with E-state index < -0.39 is 19.9 Å². The van der Waals surface area contributed by atoms with Gasteiger partial charge in [-0.05, 0) is 0 Å². The Hall–Kier alpha value is -1.45. The molecule has 0 radical (unpaired) electrons. The molecule has 11 heteroatoms. The lowest BCUT2D eigenvalue weighted by molar-refractivity contribution is -0.385. The number of amides is 1. The summed E-state index contributed by atoms with van der Waals surface area (Å²) in [6.45, 7) is 0.0926. The number of carbonyl (C=O) groups is 1. The van der Waals surface area contributed by atoms with Crippen molar-refractivity contribution in [3.8, 4) is 0 Å². The minimum Gasteiger partial charge on any atom is -0.295 e. The molecule has 1 atom stereocenters. The molecule has 1 aliphatic heterocycles. The van der Waals surface area contributed by atoms with Gasteiger partial charge in [0.05, 0.1) is 15.7 Å². The molecule has 1 amide bonds. The molecule has 0 aromatic carbocycles. The van der Waals surface area contributed by atoms with Crippen molar-refractivity contribution in [2.75, 3.05) is 17.2 Å². The molecule has 0 bridgehead atoms. The van der Waals surface area contributed by atoms with Crippen LogP contribution in [-0.4, -0.2) is 36.5 Å². The van der Waals surface area contributed by atoms with Gasteiger partial charge in [-0.3, -0.25) is 19.8 Å². The number of pyridine rings is 1. The molecule has 1 aromatic heterocycles. The van der Waals surface area contributed by atoms with Crippen LogP contribution in [0.4, 0.5) is 11.5 Å². The van der Waals surface area contributed by atoms with Crippen molar-refractivity contribution in [2.24, 2.45) is 5.92 Å². The topological polar surface area (TPSA) is 110 Å². The van der Waals surface area contributed by atoms with E-state index in [1.807, 2.05) is 0 Å². The second kappa shape index (κ2) is 5.74. The summed E-state index contributed by atoms with van der Waals surface area (Å²) in [5, 5.41) is 10.6. The molecule has 0 spiro atoms. The first-order valence-corrected chi connectivity index (χ1v) is 8.55. The van der Waals surface area contributed by atoms with E-state index in [0.717, 1.165) is 12.3 Å². The van der Waals surface area contributed by atoms with Gasteiger partial charge in [0.25, 0.3) is 5.69 Å². The molecule has 1 unspecified atom stereocenters. The largest absolute Gasteiger partial charge is 0.295 e. The number of nitro groups is 1. The molecule has 2 heterocycles. The second-order valence-corrected chi connectivity index (χ2v) is 7.76. The van der Waals surface area contributed by atoms with Crippen LogP contribution in [0.15, 0.2) is 12.3 Å². The number of carbonyl (C=O) groups excluding carboxylic acids is 1. The van der Waals surface area contributed by atoms with Crippen LogP contribution in [0, 0.1) is 16.0 Å². The van der Waals surface area contributed by atoms with E-state index in [1.54, 1.807) is 0 Å². The van der Waals surface area contributed by atoms with Crippen molar-refractivity contribution in [1.82, 2.24) is 4.98 Å².